The summed E-state index contributed by atoms with van der Waals surface area (Å²) in [6.45, 7) is 1.84. The molecule has 1 amide bonds. The SMILES string of the molecule is O=C(c1cccnc1NCc1nc2ccccc2c(=O)[nH]1)N1CCCC1. The Morgan fingerprint density at radius 2 is 1.96 bits per heavy atom. The maximum Gasteiger partial charge on any atom is 0.258 e. The Morgan fingerprint density at radius 3 is 2.81 bits per heavy atom. The van der Waals surface area contributed by atoms with Crippen molar-refractivity contribution in [1.29, 1.82) is 0 Å². The van der Waals surface area contributed by atoms with E-state index in [4.69, 9.17) is 0 Å². The van der Waals surface area contributed by atoms with Crippen molar-refractivity contribution in [1.82, 2.24) is 19.9 Å². The van der Waals surface area contributed by atoms with E-state index in [-0.39, 0.29) is 18.0 Å². The van der Waals surface area contributed by atoms with Crippen LogP contribution in [-0.4, -0.2) is 38.8 Å². The number of H-pyrrole nitrogens is 1. The molecule has 1 fully saturated rings. The first-order valence-corrected chi connectivity index (χ1v) is 8.68. The van der Waals surface area contributed by atoms with Crippen LogP contribution in [0.25, 0.3) is 10.9 Å². The first-order chi connectivity index (χ1) is 12.7. The highest BCUT2D eigenvalue weighted by molar-refractivity contribution is 5.98. The van der Waals surface area contributed by atoms with Crippen LogP contribution in [0.2, 0.25) is 0 Å². The summed E-state index contributed by atoms with van der Waals surface area (Å²) in [7, 11) is 0. The predicted octanol–water partition coefficient (Wildman–Crippen LogP) is 2.17. The van der Waals surface area contributed by atoms with Crippen LogP contribution in [-0.2, 0) is 6.54 Å². The number of anilines is 1. The third-order valence-corrected chi connectivity index (χ3v) is 4.52. The molecule has 4 rings (SSSR count). The van der Waals surface area contributed by atoms with E-state index in [1.54, 1.807) is 36.5 Å². The monoisotopic (exact) mass is 349 g/mol. The highest BCUT2D eigenvalue weighted by atomic mass is 16.2. The van der Waals surface area contributed by atoms with Gasteiger partial charge in [0.25, 0.3) is 11.5 Å². The minimum Gasteiger partial charge on any atom is -0.362 e. The number of hydrogen-bond acceptors (Lipinski definition) is 5. The Bertz CT molecular complexity index is 1010. The van der Waals surface area contributed by atoms with Crippen LogP contribution in [0.4, 0.5) is 5.82 Å². The number of likely N-dealkylation sites (tertiary alicyclic amines) is 1. The molecule has 1 aromatic carbocycles. The number of benzene rings is 1. The zero-order valence-electron chi connectivity index (χ0n) is 14.2. The summed E-state index contributed by atoms with van der Waals surface area (Å²) in [5.41, 5.74) is 1.00. The summed E-state index contributed by atoms with van der Waals surface area (Å²) in [5, 5.41) is 3.69. The molecule has 2 N–H and O–H groups in total. The van der Waals surface area contributed by atoms with E-state index in [0.717, 1.165) is 25.9 Å². The van der Waals surface area contributed by atoms with E-state index in [9.17, 15) is 9.59 Å². The third kappa shape index (κ3) is 3.15. The molecule has 0 radical (unpaired) electrons. The van der Waals surface area contributed by atoms with E-state index in [2.05, 4.69) is 20.3 Å². The van der Waals surface area contributed by atoms with Crippen molar-refractivity contribution in [3.05, 3.63) is 64.3 Å². The fraction of sp³-hybridized carbons (Fsp3) is 0.263. The maximum absolute atomic E-state index is 12.7. The Labute approximate surface area is 150 Å². The summed E-state index contributed by atoms with van der Waals surface area (Å²) in [6.07, 6.45) is 3.72. The van der Waals surface area contributed by atoms with Crippen molar-refractivity contribution >= 4 is 22.6 Å². The van der Waals surface area contributed by atoms with Gasteiger partial charge in [0.05, 0.1) is 23.0 Å². The van der Waals surface area contributed by atoms with Crippen molar-refractivity contribution in [2.45, 2.75) is 19.4 Å². The molecule has 0 bridgehead atoms. The van der Waals surface area contributed by atoms with Crippen LogP contribution in [0.5, 0.6) is 0 Å². The Balaban J connectivity index is 1.57. The second-order valence-electron chi connectivity index (χ2n) is 6.28. The van der Waals surface area contributed by atoms with Gasteiger partial charge in [-0.2, -0.15) is 0 Å². The second-order valence-corrected chi connectivity index (χ2v) is 6.28. The highest BCUT2D eigenvalue weighted by Gasteiger charge is 2.22. The van der Waals surface area contributed by atoms with Crippen LogP contribution in [0, 0.1) is 0 Å². The molecule has 0 saturated carbocycles. The quantitative estimate of drug-likeness (QED) is 0.753. The van der Waals surface area contributed by atoms with Crippen molar-refractivity contribution in [2.75, 3.05) is 18.4 Å². The van der Waals surface area contributed by atoms with Crippen molar-refractivity contribution in [3.63, 3.8) is 0 Å². The predicted molar refractivity (Wildman–Crippen MR) is 99.1 cm³/mol. The molecule has 0 atom stereocenters. The molecule has 0 aliphatic carbocycles. The van der Waals surface area contributed by atoms with Gasteiger partial charge in [-0.25, -0.2) is 9.97 Å². The van der Waals surface area contributed by atoms with Crippen LogP contribution < -0.4 is 10.9 Å². The van der Waals surface area contributed by atoms with Gasteiger partial charge in [-0.1, -0.05) is 12.1 Å². The van der Waals surface area contributed by atoms with E-state index in [0.29, 0.717) is 28.1 Å². The molecular weight excluding hydrogens is 330 g/mol. The molecule has 1 aliphatic heterocycles. The van der Waals surface area contributed by atoms with Crippen molar-refractivity contribution in [2.24, 2.45) is 0 Å². The number of carbonyl (C=O) groups is 1. The maximum atomic E-state index is 12.7. The average molecular weight is 349 g/mol. The first-order valence-electron chi connectivity index (χ1n) is 8.68. The van der Waals surface area contributed by atoms with Crippen molar-refractivity contribution < 1.29 is 4.79 Å². The lowest BCUT2D eigenvalue weighted by Gasteiger charge is -2.17. The van der Waals surface area contributed by atoms with Crippen LogP contribution in [0.3, 0.4) is 0 Å². The number of nitrogens with one attached hydrogen (secondary N) is 2. The molecule has 132 valence electrons. The number of aromatic amines is 1. The molecule has 3 heterocycles. The third-order valence-electron chi connectivity index (χ3n) is 4.52. The minimum atomic E-state index is -0.179. The summed E-state index contributed by atoms with van der Waals surface area (Å²) in [6, 6.07) is 10.7. The number of pyridine rings is 1. The fourth-order valence-corrected chi connectivity index (χ4v) is 3.20. The van der Waals surface area contributed by atoms with Gasteiger partial charge in [0.1, 0.15) is 11.6 Å². The minimum absolute atomic E-state index is 0.0157. The second kappa shape index (κ2) is 6.95. The molecule has 0 spiro atoms. The average Bonchev–Trinajstić information content (AvgIpc) is 3.21. The highest BCUT2D eigenvalue weighted by Crippen LogP contribution is 2.18. The number of para-hydroxylation sites is 1. The lowest BCUT2D eigenvalue weighted by Crippen LogP contribution is -2.28. The van der Waals surface area contributed by atoms with Crippen molar-refractivity contribution in [3.8, 4) is 0 Å². The van der Waals surface area contributed by atoms with Gasteiger partial charge in [0, 0.05) is 19.3 Å². The largest absolute Gasteiger partial charge is 0.362 e. The Morgan fingerprint density at radius 1 is 1.15 bits per heavy atom. The molecule has 0 unspecified atom stereocenters. The molecule has 1 aliphatic rings. The standard InChI is InChI=1S/C19H19N5O2/c25-18-13-6-1-2-8-15(13)22-16(23-18)12-21-17-14(7-5-9-20-17)19(26)24-10-3-4-11-24/h1-2,5-9H,3-4,10-12H2,(H,20,21)(H,22,23,25). The van der Waals surface area contributed by atoms with Crippen LogP contribution >= 0.6 is 0 Å². The Hall–Kier alpha value is -3.22. The summed E-state index contributed by atoms with van der Waals surface area (Å²) in [4.78, 5) is 38.2. The normalized spacial score (nSPS) is 13.9. The zero-order valence-corrected chi connectivity index (χ0v) is 14.2. The Kier molecular flexibility index (Phi) is 4.35. The number of fused-ring (bicyclic) bond motifs is 1. The van der Waals surface area contributed by atoms with Gasteiger partial charge in [-0.15, -0.1) is 0 Å². The summed E-state index contributed by atoms with van der Waals surface area (Å²) >= 11 is 0. The summed E-state index contributed by atoms with van der Waals surface area (Å²) < 4.78 is 0. The molecule has 26 heavy (non-hydrogen) atoms. The van der Waals surface area contributed by atoms with Gasteiger partial charge in [0.2, 0.25) is 0 Å². The number of carbonyl (C=O) groups excluding carboxylic acids is 1. The lowest BCUT2D eigenvalue weighted by atomic mass is 10.2. The van der Waals surface area contributed by atoms with Crippen LogP contribution in [0.1, 0.15) is 29.0 Å². The van der Waals surface area contributed by atoms with Crippen LogP contribution in [0.15, 0.2) is 47.4 Å². The van der Waals surface area contributed by atoms with Gasteiger partial charge in [-0.05, 0) is 37.1 Å². The molecule has 1 saturated heterocycles. The van der Waals surface area contributed by atoms with E-state index in [1.165, 1.54) is 0 Å². The first kappa shape index (κ1) is 16.3. The van der Waals surface area contributed by atoms with E-state index < -0.39 is 0 Å². The number of hydrogen-bond donors (Lipinski definition) is 2. The number of nitrogens with zero attached hydrogens (tertiary/aromatic N) is 3. The smallest absolute Gasteiger partial charge is 0.258 e. The summed E-state index contributed by atoms with van der Waals surface area (Å²) in [5.74, 6) is 0.984. The number of rotatable bonds is 4. The van der Waals surface area contributed by atoms with Gasteiger partial charge < -0.3 is 15.2 Å². The van der Waals surface area contributed by atoms with Gasteiger partial charge >= 0.3 is 0 Å². The zero-order chi connectivity index (χ0) is 17.9. The molecule has 7 nitrogen and oxygen atoms in total. The molecular formula is C19H19N5O2. The number of amides is 1. The molecule has 3 aromatic rings. The van der Waals surface area contributed by atoms with E-state index >= 15 is 0 Å². The lowest BCUT2D eigenvalue weighted by molar-refractivity contribution is 0.0793. The van der Waals surface area contributed by atoms with E-state index in [1.807, 2.05) is 11.0 Å². The van der Waals surface area contributed by atoms with Gasteiger partial charge in [-0.3, -0.25) is 9.59 Å². The fourth-order valence-electron chi connectivity index (χ4n) is 3.20. The molecule has 2 aromatic heterocycles. The van der Waals surface area contributed by atoms with Gasteiger partial charge in [0.15, 0.2) is 0 Å². The number of aromatic nitrogens is 3. The topological polar surface area (TPSA) is 91.0 Å². The molecule has 7 heteroatoms.